The van der Waals surface area contributed by atoms with Crippen LogP contribution in [0.15, 0.2) is 87.5 Å². The van der Waals surface area contributed by atoms with Crippen molar-refractivity contribution in [1.29, 1.82) is 0 Å². The van der Waals surface area contributed by atoms with Crippen molar-refractivity contribution in [3.63, 3.8) is 0 Å². The van der Waals surface area contributed by atoms with Crippen LogP contribution in [0.4, 0.5) is 0 Å². The van der Waals surface area contributed by atoms with E-state index in [1.54, 1.807) is 0 Å². The van der Waals surface area contributed by atoms with E-state index >= 15 is 0 Å². The minimum absolute atomic E-state index is 0.0825. The van der Waals surface area contributed by atoms with E-state index in [-0.39, 0.29) is 10.9 Å². The maximum atomic E-state index is 2.54. The molecular weight excluding hydrogens is 585 g/mol. The van der Waals surface area contributed by atoms with Gasteiger partial charge in [-0.1, -0.05) is 152 Å². The molecule has 0 N–H and O–H groups in total. The molecule has 0 aliphatic heterocycles. The summed E-state index contributed by atoms with van der Waals surface area (Å²) in [6, 6.07) is 37.5. The van der Waals surface area contributed by atoms with Crippen molar-refractivity contribution in [2.24, 2.45) is 0 Å². The average Bonchev–Trinajstić information content (AvgIpc) is 2.99. The molecule has 0 aliphatic rings. The van der Waals surface area contributed by atoms with Gasteiger partial charge in [-0.25, -0.2) is 0 Å². The van der Waals surface area contributed by atoms with Crippen molar-refractivity contribution in [3.05, 3.63) is 89.5 Å². The van der Waals surface area contributed by atoms with E-state index in [1.165, 1.54) is 106 Å². The lowest BCUT2D eigenvalue weighted by atomic mass is 10.1. The lowest BCUT2D eigenvalue weighted by Gasteiger charge is -2.19. The fourth-order valence-electron chi connectivity index (χ4n) is 5.63. The van der Waals surface area contributed by atoms with Gasteiger partial charge in [0.25, 0.3) is 0 Å². The second-order valence-electron chi connectivity index (χ2n) is 15.4. The zero-order valence-corrected chi connectivity index (χ0v) is 33.1. The van der Waals surface area contributed by atoms with E-state index in [4.69, 9.17) is 0 Å². The molecule has 0 unspecified atom stereocenters. The fraction of sp³-hybridized carbons (Fsp3) is 0.538. The van der Waals surface area contributed by atoms with E-state index in [0.29, 0.717) is 0 Å². The molecule has 0 radical (unpaired) electrons. The monoisotopic (exact) mass is 647 g/mol. The van der Waals surface area contributed by atoms with Gasteiger partial charge in [0.05, 0.1) is 10.9 Å². The SMILES string of the molecule is CC[Si](C)(C)CCCc1ccc([S+](c2ccc(CCC[Si](C)(C)CC)cc2)c2ccc(CCC[Si](C)(C)CC)cc2)cc1. The normalized spacial score (nSPS) is 12.7. The van der Waals surface area contributed by atoms with Gasteiger partial charge < -0.3 is 0 Å². The van der Waals surface area contributed by atoms with Crippen LogP contribution in [0.25, 0.3) is 0 Å². The van der Waals surface area contributed by atoms with Gasteiger partial charge in [0, 0.05) is 24.2 Å². The molecule has 0 aliphatic carbocycles. The van der Waals surface area contributed by atoms with Crippen molar-refractivity contribution in [3.8, 4) is 0 Å². The first-order valence-electron chi connectivity index (χ1n) is 17.4. The fourth-order valence-corrected chi connectivity index (χ4v) is 12.1. The number of benzene rings is 3. The molecule has 3 aromatic rings. The molecule has 0 saturated heterocycles. The summed E-state index contributed by atoms with van der Waals surface area (Å²) in [7, 11) is -3.06. The Balaban J connectivity index is 1.78. The molecule has 4 heteroatoms. The van der Waals surface area contributed by atoms with Crippen molar-refractivity contribution >= 4 is 35.1 Å². The molecule has 0 atom stereocenters. The van der Waals surface area contributed by atoms with Crippen LogP contribution >= 0.6 is 0 Å². The number of rotatable bonds is 18. The maximum absolute atomic E-state index is 2.54. The van der Waals surface area contributed by atoms with Crippen molar-refractivity contribution in [2.75, 3.05) is 0 Å². The Morgan fingerprint density at radius 1 is 0.395 bits per heavy atom. The molecular formula is C39H63SSi3+. The van der Waals surface area contributed by atoms with E-state index in [1.807, 2.05) is 0 Å². The zero-order valence-electron chi connectivity index (χ0n) is 29.3. The van der Waals surface area contributed by atoms with Crippen LogP contribution in [0, 0.1) is 0 Å². The van der Waals surface area contributed by atoms with E-state index in [0.717, 1.165) is 0 Å². The van der Waals surface area contributed by atoms with Crippen LogP contribution in [-0.4, -0.2) is 24.2 Å². The molecule has 236 valence electrons. The lowest BCUT2D eigenvalue weighted by Crippen LogP contribution is -2.23. The molecule has 3 rings (SSSR count). The van der Waals surface area contributed by atoms with Gasteiger partial charge in [-0.2, -0.15) is 0 Å². The van der Waals surface area contributed by atoms with Gasteiger partial charge in [0.2, 0.25) is 0 Å². The Bertz CT molecular complexity index is 1060. The minimum Gasteiger partial charge on any atom is -0.0694 e. The summed E-state index contributed by atoms with van der Waals surface area (Å²) in [5.41, 5.74) is 4.49. The van der Waals surface area contributed by atoms with Crippen LogP contribution < -0.4 is 0 Å². The highest BCUT2D eigenvalue weighted by Crippen LogP contribution is 2.33. The van der Waals surface area contributed by atoms with E-state index < -0.39 is 24.2 Å². The molecule has 3 aromatic carbocycles. The Labute approximate surface area is 272 Å². The molecule has 0 amide bonds. The third kappa shape index (κ3) is 12.2. The third-order valence-electron chi connectivity index (χ3n) is 10.3. The number of hydrogen-bond acceptors (Lipinski definition) is 0. The largest absolute Gasteiger partial charge is 0.166 e. The predicted octanol–water partition coefficient (Wildman–Crippen LogP) is 12.8. The first-order chi connectivity index (χ1) is 20.4. The smallest absolute Gasteiger partial charge is 0.0694 e. The van der Waals surface area contributed by atoms with E-state index in [2.05, 4.69) is 133 Å². The molecule has 0 fully saturated rings. The number of hydrogen-bond donors (Lipinski definition) is 0. The molecule has 43 heavy (non-hydrogen) atoms. The zero-order chi connectivity index (χ0) is 31.5. The summed E-state index contributed by atoms with van der Waals surface area (Å²) in [4.78, 5) is 4.33. The van der Waals surface area contributed by atoms with Gasteiger partial charge in [-0.15, -0.1) is 0 Å². The molecule has 0 bridgehead atoms. The summed E-state index contributed by atoms with van der Waals surface area (Å²) in [6.45, 7) is 22.4. The van der Waals surface area contributed by atoms with Gasteiger partial charge in [0.15, 0.2) is 14.7 Å². The van der Waals surface area contributed by atoms with Crippen LogP contribution in [0.5, 0.6) is 0 Å². The van der Waals surface area contributed by atoms with Gasteiger partial charge in [-0.05, 0) is 72.4 Å². The van der Waals surface area contributed by atoms with Crippen molar-refractivity contribution in [2.45, 2.75) is 150 Å². The van der Waals surface area contributed by atoms with Crippen LogP contribution in [-0.2, 0) is 30.2 Å². The summed E-state index contributed by atoms with van der Waals surface area (Å²) in [5, 5.41) is 0. The Morgan fingerprint density at radius 3 is 0.837 bits per heavy atom. The highest BCUT2D eigenvalue weighted by Gasteiger charge is 2.29. The summed E-state index contributed by atoms with van der Waals surface area (Å²) in [5.74, 6) is 0. The standard InChI is InChI=1S/C39H63SSi3/c1-10-41(4,5)31-13-16-34-19-25-37(26-20-34)40(38-27-21-35(22-28-38)17-14-32-42(6,7)11-2)39-29-23-36(24-30-39)18-15-33-43(8,9)12-3/h19-30H,10-18,31-33H2,1-9H3/q+1. The quantitative estimate of drug-likeness (QED) is 0.0952. The average molecular weight is 648 g/mol. The van der Waals surface area contributed by atoms with Crippen molar-refractivity contribution < 1.29 is 0 Å². The van der Waals surface area contributed by atoms with Gasteiger partial charge >= 0.3 is 0 Å². The topological polar surface area (TPSA) is 0 Å². The molecule has 0 heterocycles. The summed E-state index contributed by atoms with van der Waals surface area (Å²) >= 11 is 0. The minimum atomic E-state index is -0.993. The van der Waals surface area contributed by atoms with Gasteiger partial charge in [-0.3, -0.25) is 0 Å². The summed E-state index contributed by atoms with van der Waals surface area (Å²) < 4.78 is 0. The Kier molecular flexibility index (Phi) is 14.1. The lowest BCUT2D eigenvalue weighted by molar-refractivity contribution is 0.894. The van der Waals surface area contributed by atoms with E-state index in [9.17, 15) is 0 Å². The molecule has 0 saturated carbocycles. The van der Waals surface area contributed by atoms with Crippen LogP contribution in [0.3, 0.4) is 0 Å². The first-order valence-corrected chi connectivity index (χ1v) is 28.8. The van der Waals surface area contributed by atoms with Gasteiger partial charge in [0.1, 0.15) is 0 Å². The Morgan fingerprint density at radius 2 is 0.628 bits per heavy atom. The second-order valence-corrected chi connectivity index (χ2v) is 34.0. The molecule has 0 spiro atoms. The van der Waals surface area contributed by atoms with Crippen molar-refractivity contribution in [1.82, 2.24) is 0 Å². The molecule has 0 nitrogen and oxygen atoms in total. The van der Waals surface area contributed by atoms with Crippen LogP contribution in [0.2, 0.25) is 75.5 Å². The molecule has 0 aromatic heterocycles. The van der Waals surface area contributed by atoms with Crippen LogP contribution in [0.1, 0.15) is 56.7 Å². The number of aryl methyl sites for hydroxylation is 3. The predicted molar refractivity (Wildman–Crippen MR) is 205 cm³/mol. The highest BCUT2D eigenvalue weighted by molar-refractivity contribution is 7.97. The Hall–Kier alpha value is -1.34. The summed E-state index contributed by atoms with van der Waals surface area (Å²) in [6.07, 6.45) is 7.63. The first kappa shape index (κ1) is 36.1. The second kappa shape index (κ2) is 16.8. The third-order valence-corrected chi connectivity index (χ3v) is 23.4. The maximum Gasteiger partial charge on any atom is 0.166 e. The highest BCUT2D eigenvalue weighted by atomic mass is 32.2.